The van der Waals surface area contributed by atoms with Gasteiger partial charge in [0.2, 0.25) is 0 Å². The van der Waals surface area contributed by atoms with Crippen molar-refractivity contribution >= 4 is 0 Å². The van der Waals surface area contributed by atoms with Crippen LogP contribution in [0.25, 0.3) is 0 Å². The number of hydrogen-bond acceptors (Lipinski definition) is 2. The molecule has 0 spiro atoms. The molecule has 2 nitrogen and oxygen atoms in total. The van der Waals surface area contributed by atoms with Crippen LogP contribution < -0.4 is 5.32 Å². The van der Waals surface area contributed by atoms with E-state index < -0.39 is 0 Å². The summed E-state index contributed by atoms with van der Waals surface area (Å²) in [5, 5.41) is 3.70. The third-order valence-corrected chi connectivity index (χ3v) is 4.89. The highest BCUT2D eigenvalue weighted by Gasteiger charge is 2.20. The molecule has 1 aromatic rings. The quantitative estimate of drug-likeness (QED) is 0.910. The number of aryl methyl sites for hydroxylation is 2. The number of nitrogens with zero attached hydrogens (tertiary/aromatic N) is 1. The Labute approximate surface area is 123 Å². The minimum absolute atomic E-state index is 0.645. The van der Waals surface area contributed by atoms with Gasteiger partial charge in [-0.3, -0.25) is 4.90 Å². The highest BCUT2D eigenvalue weighted by molar-refractivity contribution is 5.35. The molecule has 1 aliphatic carbocycles. The smallest absolute Gasteiger partial charge is 0.0234 e. The summed E-state index contributed by atoms with van der Waals surface area (Å²) < 4.78 is 0. The summed E-state index contributed by atoms with van der Waals surface area (Å²) in [6.45, 7) is 9.37. The van der Waals surface area contributed by atoms with Gasteiger partial charge in [-0.15, -0.1) is 0 Å². The summed E-state index contributed by atoms with van der Waals surface area (Å²) in [7, 11) is 0. The largest absolute Gasteiger partial charge is 0.312 e. The molecule has 0 amide bonds. The Hall–Kier alpha value is -0.860. The van der Waals surface area contributed by atoms with Gasteiger partial charge in [0.25, 0.3) is 0 Å². The zero-order valence-corrected chi connectivity index (χ0v) is 13.0. The van der Waals surface area contributed by atoms with Gasteiger partial charge in [0.1, 0.15) is 0 Å². The van der Waals surface area contributed by atoms with Gasteiger partial charge in [0.05, 0.1) is 0 Å². The molecule has 0 saturated carbocycles. The standard InChI is InChI=1S/C18H28N2/c1-14(2)18-13-20(10-4-9-19-18)12-15-7-8-16-5-3-6-17(16)11-15/h7-8,11,14,18-19H,3-6,9-10,12-13H2,1-2H3. The van der Waals surface area contributed by atoms with Gasteiger partial charge in [0.15, 0.2) is 0 Å². The van der Waals surface area contributed by atoms with E-state index in [2.05, 4.69) is 42.3 Å². The van der Waals surface area contributed by atoms with Crippen molar-refractivity contribution in [3.05, 3.63) is 34.9 Å². The summed E-state index contributed by atoms with van der Waals surface area (Å²) >= 11 is 0. The first-order chi connectivity index (χ1) is 9.72. The topological polar surface area (TPSA) is 15.3 Å². The molecule has 0 bridgehead atoms. The Balaban J connectivity index is 1.66. The second kappa shape index (κ2) is 6.28. The highest BCUT2D eigenvalue weighted by atomic mass is 15.2. The van der Waals surface area contributed by atoms with Crippen molar-refractivity contribution in [1.29, 1.82) is 0 Å². The molecule has 0 aromatic heterocycles. The second-order valence-corrected chi connectivity index (χ2v) is 6.85. The van der Waals surface area contributed by atoms with Gasteiger partial charge in [-0.1, -0.05) is 32.0 Å². The molecule has 20 heavy (non-hydrogen) atoms. The number of fused-ring (bicyclic) bond motifs is 1. The fraction of sp³-hybridized carbons (Fsp3) is 0.667. The fourth-order valence-electron chi connectivity index (χ4n) is 3.60. The summed E-state index contributed by atoms with van der Waals surface area (Å²) in [6, 6.07) is 7.83. The molecule has 1 aromatic carbocycles. The number of hydrogen-bond donors (Lipinski definition) is 1. The molecule has 0 radical (unpaired) electrons. The predicted octanol–water partition coefficient (Wildman–Crippen LogP) is 3.00. The Bertz CT molecular complexity index is 453. The molecule has 1 saturated heterocycles. The zero-order valence-electron chi connectivity index (χ0n) is 13.0. The average molecular weight is 272 g/mol. The monoisotopic (exact) mass is 272 g/mol. The average Bonchev–Trinajstić information content (AvgIpc) is 2.76. The molecule has 110 valence electrons. The van der Waals surface area contributed by atoms with E-state index in [1.165, 1.54) is 50.9 Å². The SMILES string of the molecule is CC(C)C1CN(Cc2ccc3c(c2)CCC3)CCCN1. The highest BCUT2D eigenvalue weighted by Crippen LogP contribution is 2.23. The van der Waals surface area contributed by atoms with Crippen LogP contribution in [0.2, 0.25) is 0 Å². The molecule has 1 N–H and O–H groups in total. The van der Waals surface area contributed by atoms with Crippen molar-refractivity contribution in [2.45, 2.75) is 52.1 Å². The predicted molar refractivity (Wildman–Crippen MR) is 85.0 cm³/mol. The van der Waals surface area contributed by atoms with Crippen LogP contribution >= 0.6 is 0 Å². The Morgan fingerprint density at radius 1 is 1.20 bits per heavy atom. The molecular formula is C18H28N2. The van der Waals surface area contributed by atoms with Crippen LogP contribution in [0.15, 0.2) is 18.2 Å². The molecule has 3 rings (SSSR count). The molecule has 2 heteroatoms. The first kappa shape index (κ1) is 14.1. The van der Waals surface area contributed by atoms with Crippen LogP contribution in [0.1, 0.15) is 43.4 Å². The van der Waals surface area contributed by atoms with E-state index in [1.807, 2.05) is 0 Å². The maximum absolute atomic E-state index is 3.70. The van der Waals surface area contributed by atoms with Gasteiger partial charge < -0.3 is 5.32 Å². The summed E-state index contributed by atoms with van der Waals surface area (Å²) in [5.41, 5.74) is 4.71. The van der Waals surface area contributed by atoms with Crippen LogP contribution in [0, 0.1) is 5.92 Å². The minimum atomic E-state index is 0.645. The molecule has 1 atom stereocenters. The van der Waals surface area contributed by atoms with Crippen LogP contribution in [-0.4, -0.2) is 30.6 Å². The lowest BCUT2D eigenvalue weighted by Crippen LogP contribution is -2.41. The minimum Gasteiger partial charge on any atom is -0.312 e. The lowest BCUT2D eigenvalue weighted by Gasteiger charge is -2.27. The first-order valence-corrected chi connectivity index (χ1v) is 8.29. The summed E-state index contributed by atoms with van der Waals surface area (Å²) in [4.78, 5) is 2.64. The van der Waals surface area contributed by atoms with Crippen molar-refractivity contribution in [3.63, 3.8) is 0 Å². The Kier molecular flexibility index (Phi) is 4.42. The van der Waals surface area contributed by atoms with Gasteiger partial charge in [-0.25, -0.2) is 0 Å². The van der Waals surface area contributed by atoms with Crippen molar-refractivity contribution in [1.82, 2.24) is 10.2 Å². The summed E-state index contributed by atoms with van der Waals surface area (Å²) in [5.74, 6) is 0.718. The molecule has 1 heterocycles. The van der Waals surface area contributed by atoms with Crippen molar-refractivity contribution in [3.8, 4) is 0 Å². The molecular weight excluding hydrogens is 244 g/mol. The van der Waals surface area contributed by atoms with E-state index in [0.717, 1.165) is 12.5 Å². The lowest BCUT2D eigenvalue weighted by atomic mass is 10.0. The summed E-state index contributed by atoms with van der Waals surface area (Å²) in [6.07, 6.45) is 5.20. The molecule has 1 aliphatic heterocycles. The van der Waals surface area contributed by atoms with Gasteiger partial charge in [-0.05, 0) is 61.4 Å². The van der Waals surface area contributed by atoms with E-state index in [4.69, 9.17) is 0 Å². The number of nitrogens with one attached hydrogen (secondary N) is 1. The van der Waals surface area contributed by atoms with E-state index in [-0.39, 0.29) is 0 Å². The normalized spacial score (nSPS) is 23.9. The van der Waals surface area contributed by atoms with E-state index >= 15 is 0 Å². The van der Waals surface area contributed by atoms with E-state index in [0.29, 0.717) is 6.04 Å². The van der Waals surface area contributed by atoms with Crippen LogP contribution in [-0.2, 0) is 19.4 Å². The maximum Gasteiger partial charge on any atom is 0.0234 e. The third-order valence-electron chi connectivity index (χ3n) is 4.89. The third kappa shape index (κ3) is 3.24. The van der Waals surface area contributed by atoms with Crippen LogP contribution in [0.4, 0.5) is 0 Å². The zero-order chi connectivity index (χ0) is 13.9. The van der Waals surface area contributed by atoms with Crippen LogP contribution in [0.5, 0.6) is 0 Å². The lowest BCUT2D eigenvalue weighted by molar-refractivity contribution is 0.238. The number of rotatable bonds is 3. The fourth-order valence-corrected chi connectivity index (χ4v) is 3.60. The van der Waals surface area contributed by atoms with E-state index in [9.17, 15) is 0 Å². The molecule has 1 fully saturated rings. The second-order valence-electron chi connectivity index (χ2n) is 6.85. The van der Waals surface area contributed by atoms with Gasteiger partial charge >= 0.3 is 0 Å². The van der Waals surface area contributed by atoms with Crippen molar-refractivity contribution in [2.24, 2.45) is 5.92 Å². The van der Waals surface area contributed by atoms with Crippen LogP contribution in [0.3, 0.4) is 0 Å². The maximum atomic E-state index is 3.70. The molecule has 2 aliphatic rings. The Morgan fingerprint density at radius 3 is 2.90 bits per heavy atom. The first-order valence-electron chi connectivity index (χ1n) is 8.29. The number of benzene rings is 1. The van der Waals surface area contributed by atoms with E-state index in [1.54, 1.807) is 11.1 Å². The van der Waals surface area contributed by atoms with Crippen molar-refractivity contribution in [2.75, 3.05) is 19.6 Å². The molecule has 1 unspecified atom stereocenters. The van der Waals surface area contributed by atoms with Gasteiger partial charge in [-0.2, -0.15) is 0 Å². The van der Waals surface area contributed by atoms with Gasteiger partial charge in [0, 0.05) is 19.1 Å². The van der Waals surface area contributed by atoms with Crippen molar-refractivity contribution < 1.29 is 0 Å². The Morgan fingerprint density at radius 2 is 2.05 bits per heavy atom.